The van der Waals surface area contributed by atoms with Gasteiger partial charge in [-0.25, -0.2) is 0 Å². The molecule has 0 fully saturated rings. The molecule has 0 heterocycles. The van der Waals surface area contributed by atoms with Gasteiger partial charge in [-0.3, -0.25) is 9.59 Å². The minimum absolute atomic E-state index is 0.0216. The molecule has 2 aromatic carbocycles. The minimum Gasteiger partial charge on any atom is -0.508 e. The molecule has 0 aliphatic carbocycles. The Kier molecular flexibility index (Phi) is 8.46. The number of amides is 2. The van der Waals surface area contributed by atoms with Crippen molar-refractivity contribution in [3.05, 3.63) is 59.7 Å². The van der Waals surface area contributed by atoms with Gasteiger partial charge >= 0.3 is 0 Å². The second kappa shape index (κ2) is 10.8. The fourth-order valence-corrected chi connectivity index (χ4v) is 3.31. The lowest BCUT2D eigenvalue weighted by Gasteiger charge is -2.25. The van der Waals surface area contributed by atoms with Crippen LogP contribution in [0, 0.1) is 11.8 Å². The van der Waals surface area contributed by atoms with Gasteiger partial charge in [-0.1, -0.05) is 58.4 Å². The Labute approximate surface area is 179 Å². The molecule has 2 aromatic rings. The second-order valence-electron chi connectivity index (χ2n) is 8.47. The van der Waals surface area contributed by atoms with Gasteiger partial charge in [-0.05, 0) is 60.6 Å². The van der Waals surface area contributed by atoms with Crippen LogP contribution < -0.4 is 10.6 Å². The molecule has 0 aliphatic heterocycles. The Morgan fingerprint density at radius 1 is 0.900 bits per heavy atom. The summed E-state index contributed by atoms with van der Waals surface area (Å²) in [6.45, 7) is 10.2. The van der Waals surface area contributed by atoms with Crippen molar-refractivity contribution in [3.8, 4) is 5.75 Å². The summed E-state index contributed by atoms with van der Waals surface area (Å²) in [7, 11) is 0. The number of benzene rings is 2. The normalized spacial score (nSPS) is 14.1. The first-order valence-corrected chi connectivity index (χ1v) is 10.7. The third-order valence-electron chi connectivity index (χ3n) is 5.45. The van der Waals surface area contributed by atoms with Crippen LogP contribution in [0.1, 0.15) is 58.1 Å². The van der Waals surface area contributed by atoms with E-state index in [2.05, 4.69) is 36.6 Å². The molecular formula is C25H34N2O3. The van der Waals surface area contributed by atoms with Gasteiger partial charge in [-0.2, -0.15) is 0 Å². The molecule has 5 nitrogen and oxygen atoms in total. The summed E-state index contributed by atoms with van der Waals surface area (Å²) in [6, 6.07) is 13.8. The molecule has 3 N–H and O–H groups in total. The van der Waals surface area contributed by atoms with E-state index in [-0.39, 0.29) is 29.4 Å². The van der Waals surface area contributed by atoms with E-state index in [1.165, 1.54) is 17.7 Å². The summed E-state index contributed by atoms with van der Waals surface area (Å²) in [5.41, 5.74) is 2.77. The molecule has 162 valence electrons. The van der Waals surface area contributed by atoms with E-state index < -0.39 is 6.04 Å². The van der Waals surface area contributed by atoms with E-state index in [0.29, 0.717) is 11.6 Å². The number of aromatic hydroxyl groups is 1. The highest BCUT2D eigenvalue weighted by atomic mass is 16.3. The Bertz CT molecular complexity index is 828. The molecule has 30 heavy (non-hydrogen) atoms. The van der Waals surface area contributed by atoms with Crippen LogP contribution in [0.3, 0.4) is 0 Å². The van der Waals surface area contributed by atoms with Gasteiger partial charge in [0, 0.05) is 5.69 Å². The van der Waals surface area contributed by atoms with Crippen LogP contribution in [-0.2, 0) is 16.0 Å². The van der Waals surface area contributed by atoms with Crippen LogP contribution in [0.15, 0.2) is 48.5 Å². The summed E-state index contributed by atoms with van der Waals surface area (Å²) < 4.78 is 0. The lowest BCUT2D eigenvalue weighted by Crippen LogP contribution is -2.48. The monoisotopic (exact) mass is 410 g/mol. The molecule has 0 saturated carbocycles. The number of hydrogen-bond donors (Lipinski definition) is 3. The zero-order chi connectivity index (χ0) is 22.3. The maximum atomic E-state index is 12.9. The van der Waals surface area contributed by atoms with E-state index in [4.69, 9.17) is 0 Å². The molecule has 3 atom stereocenters. The fraction of sp³-hybridized carbons (Fsp3) is 0.440. The molecule has 0 saturated heterocycles. The number of anilines is 1. The summed E-state index contributed by atoms with van der Waals surface area (Å²) in [4.78, 5) is 25.8. The Morgan fingerprint density at radius 2 is 1.50 bits per heavy atom. The zero-order valence-electron chi connectivity index (χ0n) is 18.6. The first-order chi connectivity index (χ1) is 14.2. The molecule has 0 bridgehead atoms. The first kappa shape index (κ1) is 23.5. The van der Waals surface area contributed by atoms with Gasteiger partial charge in [0.05, 0.1) is 5.92 Å². The zero-order valence-corrected chi connectivity index (χ0v) is 18.6. The van der Waals surface area contributed by atoms with Crippen molar-refractivity contribution in [3.63, 3.8) is 0 Å². The lowest BCUT2D eigenvalue weighted by molar-refractivity contribution is -0.128. The quantitative estimate of drug-likeness (QED) is 0.516. The average Bonchev–Trinajstić information content (AvgIpc) is 2.72. The van der Waals surface area contributed by atoms with E-state index in [1.54, 1.807) is 12.1 Å². The largest absolute Gasteiger partial charge is 0.508 e. The van der Waals surface area contributed by atoms with Crippen LogP contribution in [0.5, 0.6) is 5.75 Å². The highest BCUT2D eigenvalue weighted by Gasteiger charge is 2.28. The summed E-state index contributed by atoms with van der Waals surface area (Å²) >= 11 is 0. The number of hydrogen-bond acceptors (Lipinski definition) is 3. The summed E-state index contributed by atoms with van der Waals surface area (Å²) in [5, 5.41) is 15.2. The molecule has 2 amide bonds. The molecule has 5 heteroatoms. The number of nitrogens with one attached hydrogen (secondary N) is 2. The second-order valence-corrected chi connectivity index (χ2v) is 8.47. The molecule has 0 spiro atoms. The Morgan fingerprint density at radius 3 is 2.03 bits per heavy atom. The smallest absolute Gasteiger partial charge is 0.247 e. The van der Waals surface area contributed by atoms with Crippen LogP contribution in [0.2, 0.25) is 0 Å². The lowest BCUT2D eigenvalue weighted by atomic mass is 9.94. The third-order valence-corrected chi connectivity index (χ3v) is 5.45. The summed E-state index contributed by atoms with van der Waals surface area (Å²) in [5.74, 6) is -0.0913. The van der Waals surface area contributed by atoms with Crippen LogP contribution >= 0.6 is 0 Å². The van der Waals surface area contributed by atoms with Gasteiger partial charge in [0.15, 0.2) is 0 Å². The van der Waals surface area contributed by atoms with Gasteiger partial charge in [0.2, 0.25) is 11.8 Å². The van der Waals surface area contributed by atoms with Gasteiger partial charge in [0.25, 0.3) is 0 Å². The van der Waals surface area contributed by atoms with Crippen molar-refractivity contribution in [1.82, 2.24) is 5.32 Å². The van der Waals surface area contributed by atoms with Crippen molar-refractivity contribution >= 4 is 17.5 Å². The van der Waals surface area contributed by atoms with Crippen molar-refractivity contribution in [2.45, 2.75) is 59.4 Å². The Balaban J connectivity index is 2.08. The van der Waals surface area contributed by atoms with Crippen LogP contribution in [-0.4, -0.2) is 23.0 Å². The fourth-order valence-electron chi connectivity index (χ4n) is 3.31. The maximum absolute atomic E-state index is 12.9. The van der Waals surface area contributed by atoms with Crippen molar-refractivity contribution in [1.29, 1.82) is 0 Å². The number of phenols is 1. The van der Waals surface area contributed by atoms with Gasteiger partial charge in [0.1, 0.15) is 11.8 Å². The molecule has 0 aliphatic rings. The van der Waals surface area contributed by atoms with Gasteiger partial charge < -0.3 is 15.7 Å². The molecule has 1 unspecified atom stereocenters. The molecule has 2 rings (SSSR count). The number of rotatable bonds is 9. The van der Waals surface area contributed by atoms with Crippen molar-refractivity contribution in [2.75, 3.05) is 5.32 Å². The van der Waals surface area contributed by atoms with E-state index >= 15 is 0 Å². The van der Waals surface area contributed by atoms with E-state index in [1.807, 2.05) is 32.9 Å². The highest BCUT2D eigenvalue weighted by Crippen LogP contribution is 2.20. The van der Waals surface area contributed by atoms with Crippen LogP contribution in [0.25, 0.3) is 0 Å². The third kappa shape index (κ3) is 6.61. The van der Waals surface area contributed by atoms with Crippen LogP contribution in [0.4, 0.5) is 5.69 Å². The number of carbonyl (C=O) groups excluding carboxylic acids is 2. The molecular weight excluding hydrogens is 376 g/mol. The average molecular weight is 411 g/mol. The molecule has 0 radical (unpaired) electrons. The standard InChI is InChI=1S/C25H34N2O3/c1-6-17(4)23(25(30)26-21-11-13-22(28)14-12-21)27-24(29)18(5)20-9-7-19(8-10-20)15-16(2)3/h7-14,16-18,23,28H,6,15H2,1-5H3,(H,26,30)(H,27,29)/t17-,18?,23+/m0/s1. The first-order valence-electron chi connectivity index (χ1n) is 10.7. The van der Waals surface area contributed by atoms with E-state index in [0.717, 1.165) is 18.4 Å². The van der Waals surface area contributed by atoms with E-state index in [9.17, 15) is 14.7 Å². The highest BCUT2D eigenvalue weighted by molar-refractivity contribution is 5.98. The Hall–Kier alpha value is -2.82. The topological polar surface area (TPSA) is 78.4 Å². The SMILES string of the molecule is CC[C@H](C)[C@@H](NC(=O)C(C)c1ccc(CC(C)C)cc1)C(=O)Nc1ccc(O)cc1. The maximum Gasteiger partial charge on any atom is 0.247 e. The number of phenolic OH excluding ortho intramolecular Hbond substituents is 1. The van der Waals surface area contributed by atoms with Crippen molar-refractivity contribution in [2.24, 2.45) is 11.8 Å². The number of carbonyl (C=O) groups is 2. The molecule has 0 aromatic heterocycles. The minimum atomic E-state index is -0.640. The predicted octanol–water partition coefficient (Wildman–Crippen LogP) is 4.86. The predicted molar refractivity (Wildman–Crippen MR) is 122 cm³/mol. The van der Waals surface area contributed by atoms with Crippen molar-refractivity contribution < 1.29 is 14.7 Å². The van der Waals surface area contributed by atoms with Gasteiger partial charge in [-0.15, -0.1) is 0 Å². The summed E-state index contributed by atoms with van der Waals surface area (Å²) in [6.07, 6.45) is 1.76.